The number of amides is 1. The molecule has 2 heterocycles. The Morgan fingerprint density at radius 1 is 1.28 bits per heavy atom. The molecule has 5 nitrogen and oxygen atoms in total. The molecule has 3 rings (SSSR count). The first-order chi connectivity index (χ1) is 12.1. The number of benzene rings is 1. The Labute approximate surface area is 151 Å². The number of piperidine rings is 1. The van der Waals surface area contributed by atoms with E-state index in [1.165, 1.54) is 0 Å². The monoisotopic (exact) mass is 361 g/mol. The molecular formula is C19H20ClNO4. The smallest absolute Gasteiger partial charge is 0.310 e. The molecule has 1 saturated heterocycles. The van der Waals surface area contributed by atoms with E-state index in [2.05, 4.69) is 0 Å². The van der Waals surface area contributed by atoms with Gasteiger partial charge in [0.15, 0.2) is 5.76 Å². The molecule has 0 bridgehead atoms. The van der Waals surface area contributed by atoms with Crippen LogP contribution >= 0.6 is 11.6 Å². The van der Waals surface area contributed by atoms with Crippen LogP contribution in [0.5, 0.6) is 0 Å². The fraction of sp³-hybridized carbons (Fsp3) is 0.368. The minimum absolute atomic E-state index is 0.215. The average Bonchev–Trinajstić information content (AvgIpc) is 3.11. The number of carbonyl (C=O) groups is 2. The Bertz CT molecular complexity index is 770. The van der Waals surface area contributed by atoms with Crippen molar-refractivity contribution in [2.24, 2.45) is 5.92 Å². The van der Waals surface area contributed by atoms with Crippen molar-refractivity contribution < 1.29 is 18.7 Å². The average molecular weight is 362 g/mol. The number of likely N-dealkylation sites (tertiary alicyclic amines) is 1. The number of esters is 1. The quantitative estimate of drug-likeness (QED) is 0.772. The molecule has 6 heteroatoms. The summed E-state index contributed by atoms with van der Waals surface area (Å²) in [5.74, 6) is 0.0754. The molecule has 1 aromatic carbocycles. The number of hydrogen-bond acceptors (Lipinski definition) is 4. The molecule has 0 saturated carbocycles. The van der Waals surface area contributed by atoms with Crippen molar-refractivity contribution >= 4 is 23.5 Å². The van der Waals surface area contributed by atoms with Crippen molar-refractivity contribution in [2.75, 3.05) is 19.7 Å². The van der Waals surface area contributed by atoms with Crippen molar-refractivity contribution in [1.29, 1.82) is 0 Å². The van der Waals surface area contributed by atoms with E-state index in [-0.39, 0.29) is 23.6 Å². The second-order valence-electron chi connectivity index (χ2n) is 5.99. The highest BCUT2D eigenvalue weighted by Crippen LogP contribution is 2.30. The van der Waals surface area contributed by atoms with E-state index in [1.807, 2.05) is 18.2 Å². The van der Waals surface area contributed by atoms with Crippen LogP contribution in [0.25, 0.3) is 11.3 Å². The number of furan rings is 1. The van der Waals surface area contributed by atoms with Gasteiger partial charge in [-0.1, -0.05) is 23.7 Å². The van der Waals surface area contributed by atoms with Crippen molar-refractivity contribution in [3.05, 3.63) is 47.2 Å². The molecule has 1 atom stereocenters. The second-order valence-corrected chi connectivity index (χ2v) is 6.39. The first-order valence-corrected chi connectivity index (χ1v) is 8.78. The Hall–Kier alpha value is -2.27. The topological polar surface area (TPSA) is 59.8 Å². The van der Waals surface area contributed by atoms with Gasteiger partial charge in [-0.3, -0.25) is 9.59 Å². The van der Waals surface area contributed by atoms with Crippen LogP contribution in [0.2, 0.25) is 5.02 Å². The van der Waals surface area contributed by atoms with E-state index in [0.717, 1.165) is 18.4 Å². The van der Waals surface area contributed by atoms with Crippen molar-refractivity contribution in [3.63, 3.8) is 0 Å². The van der Waals surface area contributed by atoms with Gasteiger partial charge in [0.25, 0.3) is 5.91 Å². The molecule has 0 aliphatic carbocycles. The summed E-state index contributed by atoms with van der Waals surface area (Å²) in [6.07, 6.45) is 1.51. The lowest BCUT2D eigenvalue weighted by molar-refractivity contribution is -0.149. The van der Waals surface area contributed by atoms with Gasteiger partial charge < -0.3 is 14.1 Å². The Morgan fingerprint density at radius 2 is 2.08 bits per heavy atom. The normalized spacial score (nSPS) is 17.4. The van der Waals surface area contributed by atoms with Crippen molar-refractivity contribution in [3.8, 4) is 11.3 Å². The fourth-order valence-electron chi connectivity index (χ4n) is 3.03. The molecule has 1 amide bonds. The molecule has 0 radical (unpaired) electrons. The lowest BCUT2D eigenvalue weighted by atomic mass is 9.98. The van der Waals surface area contributed by atoms with Crippen LogP contribution in [0.4, 0.5) is 0 Å². The van der Waals surface area contributed by atoms with Crippen LogP contribution in [0, 0.1) is 5.92 Å². The van der Waals surface area contributed by atoms with Gasteiger partial charge in [0.05, 0.1) is 17.5 Å². The van der Waals surface area contributed by atoms with Gasteiger partial charge in [0.1, 0.15) is 5.76 Å². The van der Waals surface area contributed by atoms with Crippen LogP contribution in [-0.2, 0) is 9.53 Å². The molecule has 0 spiro atoms. The zero-order chi connectivity index (χ0) is 17.8. The van der Waals surface area contributed by atoms with E-state index >= 15 is 0 Å². The maximum absolute atomic E-state index is 12.7. The largest absolute Gasteiger partial charge is 0.466 e. The summed E-state index contributed by atoms with van der Waals surface area (Å²) in [6.45, 7) is 3.10. The third-order valence-electron chi connectivity index (χ3n) is 4.28. The van der Waals surface area contributed by atoms with Crippen LogP contribution < -0.4 is 0 Å². The van der Waals surface area contributed by atoms with Gasteiger partial charge in [-0.15, -0.1) is 0 Å². The van der Waals surface area contributed by atoms with Crippen molar-refractivity contribution in [1.82, 2.24) is 4.90 Å². The molecular weight excluding hydrogens is 342 g/mol. The highest BCUT2D eigenvalue weighted by molar-refractivity contribution is 6.33. The molecule has 25 heavy (non-hydrogen) atoms. The summed E-state index contributed by atoms with van der Waals surface area (Å²) in [5, 5.41) is 0.566. The maximum Gasteiger partial charge on any atom is 0.310 e. The summed E-state index contributed by atoms with van der Waals surface area (Å²) in [4.78, 5) is 26.3. The zero-order valence-electron chi connectivity index (χ0n) is 14.0. The van der Waals surface area contributed by atoms with Gasteiger partial charge in [-0.05, 0) is 44.0 Å². The predicted molar refractivity (Wildman–Crippen MR) is 94.4 cm³/mol. The van der Waals surface area contributed by atoms with Gasteiger partial charge >= 0.3 is 5.97 Å². The standard InChI is InChI=1S/C19H20ClNO4/c1-2-24-19(23)13-6-5-11-21(12-13)18(22)17-10-9-16(25-17)14-7-3-4-8-15(14)20/h3-4,7-10,13H,2,5-6,11-12H2,1H3/t13-/m1/s1. The van der Waals surface area contributed by atoms with E-state index in [9.17, 15) is 9.59 Å². The Kier molecular flexibility index (Phi) is 5.43. The molecule has 0 N–H and O–H groups in total. The van der Waals surface area contributed by atoms with Crippen LogP contribution in [0.15, 0.2) is 40.8 Å². The molecule has 1 aromatic heterocycles. The number of nitrogens with zero attached hydrogens (tertiary/aromatic N) is 1. The van der Waals surface area contributed by atoms with Gasteiger partial charge in [-0.25, -0.2) is 0 Å². The maximum atomic E-state index is 12.7. The van der Waals surface area contributed by atoms with Crippen LogP contribution in [0.1, 0.15) is 30.3 Å². The summed E-state index contributed by atoms with van der Waals surface area (Å²) in [7, 11) is 0. The Morgan fingerprint density at radius 3 is 2.84 bits per heavy atom. The molecule has 0 unspecified atom stereocenters. The van der Waals surface area contributed by atoms with Gasteiger partial charge in [0, 0.05) is 18.7 Å². The van der Waals surface area contributed by atoms with Crippen LogP contribution in [-0.4, -0.2) is 36.5 Å². The number of halogens is 1. The number of ether oxygens (including phenoxy) is 1. The SMILES string of the molecule is CCOC(=O)[C@@H]1CCCN(C(=O)c2ccc(-c3ccccc3Cl)o2)C1. The molecule has 1 aliphatic rings. The van der Waals surface area contributed by atoms with E-state index in [0.29, 0.717) is 30.5 Å². The minimum Gasteiger partial charge on any atom is -0.466 e. The summed E-state index contributed by atoms with van der Waals surface area (Å²) < 4.78 is 10.8. The highest BCUT2D eigenvalue weighted by atomic mass is 35.5. The van der Waals surface area contributed by atoms with Gasteiger partial charge in [0.2, 0.25) is 0 Å². The lowest BCUT2D eigenvalue weighted by Crippen LogP contribution is -2.42. The Balaban J connectivity index is 1.73. The predicted octanol–water partition coefficient (Wildman–Crippen LogP) is 4.02. The third kappa shape index (κ3) is 3.87. The second kappa shape index (κ2) is 7.74. The van der Waals surface area contributed by atoms with Crippen LogP contribution in [0.3, 0.4) is 0 Å². The summed E-state index contributed by atoms with van der Waals surface area (Å²) in [6, 6.07) is 10.7. The summed E-state index contributed by atoms with van der Waals surface area (Å²) >= 11 is 6.17. The molecule has 1 fully saturated rings. The van der Waals surface area contributed by atoms with Gasteiger partial charge in [-0.2, -0.15) is 0 Å². The fourth-order valence-corrected chi connectivity index (χ4v) is 3.26. The number of hydrogen-bond donors (Lipinski definition) is 0. The van der Waals surface area contributed by atoms with E-state index < -0.39 is 0 Å². The zero-order valence-corrected chi connectivity index (χ0v) is 14.8. The highest BCUT2D eigenvalue weighted by Gasteiger charge is 2.31. The lowest BCUT2D eigenvalue weighted by Gasteiger charge is -2.30. The van der Waals surface area contributed by atoms with E-state index in [1.54, 1.807) is 30.0 Å². The van der Waals surface area contributed by atoms with Crippen molar-refractivity contribution in [2.45, 2.75) is 19.8 Å². The molecule has 1 aliphatic heterocycles. The minimum atomic E-state index is -0.268. The molecule has 2 aromatic rings. The first kappa shape index (κ1) is 17.5. The number of carbonyl (C=O) groups excluding carboxylic acids is 2. The summed E-state index contributed by atoms with van der Waals surface area (Å²) in [5.41, 5.74) is 0.742. The van der Waals surface area contributed by atoms with E-state index in [4.69, 9.17) is 20.8 Å². The first-order valence-electron chi connectivity index (χ1n) is 8.40. The third-order valence-corrected chi connectivity index (χ3v) is 4.61. The molecule has 132 valence electrons. The number of rotatable bonds is 4.